The fourth-order valence-electron chi connectivity index (χ4n) is 2.43. The minimum Gasteiger partial charge on any atom is -0.338 e. The summed E-state index contributed by atoms with van der Waals surface area (Å²) in [5.41, 5.74) is 0.724. The van der Waals surface area contributed by atoms with E-state index in [1.54, 1.807) is 7.05 Å². The van der Waals surface area contributed by atoms with Crippen molar-refractivity contribution in [3.05, 3.63) is 83.6 Å². The highest BCUT2D eigenvalue weighted by atomic mass is 19.2. The fourth-order valence-corrected chi connectivity index (χ4v) is 2.43. The summed E-state index contributed by atoms with van der Waals surface area (Å²) in [6.07, 6.45) is 1.13. The van der Waals surface area contributed by atoms with Crippen molar-refractivity contribution in [2.24, 2.45) is 0 Å². The number of hydrogen-bond donors (Lipinski definition) is 1. The Bertz CT molecular complexity index is 966. The van der Waals surface area contributed by atoms with E-state index in [0.29, 0.717) is 6.54 Å². The number of halogens is 3. The van der Waals surface area contributed by atoms with Gasteiger partial charge in [0.1, 0.15) is 17.8 Å². The smallest absolute Gasteiger partial charge is 0.272 e. The number of anilines is 2. The van der Waals surface area contributed by atoms with Gasteiger partial charge in [-0.2, -0.15) is 0 Å². The molecule has 0 aliphatic carbocycles. The van der Waals surface area contributed by atoms with Gasteiger partial charge in [0.05, 0.1) is 5.69 Å². The Morgan fingerprint density at radius 1 is 1.04 bits per heavy atom. The Kier molecular flexibility index (Phi) is 5.35. The summed E-state index contributed by atoms with van der Waals surface area (Å²) in [6, 6.07) is 12.6. The second-order valence-electron chi connectivity index (χ2n) is 5.78. The van der Waals surface area contributed by atoms with Crippen LogP contribution in [0.1, 0.15) is 16.1 Å². The molecule has 1 N–H and O–H groups in total. The zero-order valence-corrected chi connectivity index (χ0v) is 14.3. The number of rotatable bonds is 5. The number of benzene rings is 2. The van der Waals surface area contributed by atoms with Crippen molar-refractivity contribution >= 4 is 17.4 Å². The van der Waals surface area contributed by atoms with Crippen LogP contribution in [-0.4, -0.2) is 27.8 Å². The molecule has 1 heterocycles. The average molecular weight is 372 g/mol. The van der Waals surface area contributed by atoms with Crippen LogP contribution in [0.3, 0.4) is 0 Å². The molecule has 1 aromatic heterocycles. The van der Waals surface area contributed by atoms with Crippen LogP contribution in [0.15, 0.2) is 54.9 Å². The zero-order valence-electron chi connectivity index (χ0n) is 14.3. The molecule has 3 rings (SSSR count). The molecule has 27 heavy (non-hydrogen) atoms. The van der Waals surface area contributed by atoms with Gasteiger partial charge in [-0.15, -0.1) is 0 Å². The first-order valence-electron chi connectivity index (χ1n) is 7.97. The molecular weight excluding hydrogens is 357 g/mol. The Morgan fingerprint density at radius 3 is 2.52 bits per heavy atom. The summed E-state index contributed by atoms with van der Waals surface area (Å²) in [4.78, 5) is 21.8. The number of carbonyl (C=O) groups is 1. The standard InChI is InChI=1S/C19H15F3N4O/c1-26(10-12-5-3-2-4-6-12)19(27)15-9-16(24-11-23-15)25-14-8-7-13(20)17(21)18(14)22/h2-9,11H,10H2,1H3,(H,23,24,25). The highest BCUT2D eigenvalue weighted by Crippen LogP contribution is 2.23. The third-order valence-corrected chi connectivity index (χ3v) is 3.79. The quantitative estimate of drug-likeness (QED) is 0.690. The topological polar surface area (TPSA) is 58.1 Å². The van der Waals surface area contributed by atoms with E-state index in [1.165, 1.54) is 11.0 Å². The van der Waals surface area contributed by atoms with Crippen molar-refractivity contribution in [2.45, 2.75) is 6.54 Å². The predicted molar refractivity (Wildman–Crippen MR) is 93.9 cm³/mol. The van der Waals surface area contributed by atoms with Crippen molar-refractivity contribution in [1.29, 1.82) is 0 Å². The number of nitrogens with zero attached hydrogens (tertiary/aromatic N) is 3. The van der Waals surface area contributed by atoms with E-state index >= 15 is 0 Å². The molecule has 2 aromatic carbocycles. The van der Waals surface area contributed by atoms with E-state index < -0.39 is 17.5 Å². The van der Waals surface area contributed by atoms with Crippen LogP contribution >= 0.6 is 0 Å². The van der Waals surface area contributed by atoms with Crippen LogP contribution < -0.4 is 5.32 Å². The summed E-state index contributed by atoms with van der Waals surface area (Å²) in [5, 5.41) is 2.52. The monoisotopic (exact) mass is 372 g/mol. The summed E-state index contributed by atoms with van der Waals surface area (Å²) in [7, 11) is 1.62. The van der Waals surface area contributed by atoms with Crippen molar-refractivity contribution in [1.82, 2.24) is 14.9 Å². The molecular formula is C19H15F3N4O. The van der Waals surface area contributed by atoms with Crippen LogP contribution in [0, 0.1) is 17.5 Å². The van der Waals surface area contributed by atoms with E-state index in [-0.39, 0.29) is 23.1 Å². The molecule has 0 saturated carbocycles. The molecule has 8 heteroatoms. The van der Waals surface area contributed by atoms with Gasteiger partial charge in [-0.1, -0.05) is 30.3 Å². The van der Waals surface area contributed by atoms with E-state index in [1.807, 2.05) is 30.3 Å². The maximum Gasteiger partial charge on any atom is 0.272 e. The molecule has 0 spiro atoms. The van der Waals surface area contributed by atoms with Gasteiger partial charge in [0, 0.05) is 19.7 Å². The Labute approximate surface area is 153 Å². The highest BCUT2D eigenvalue weighted by molar-refractivity contribution is 5.92. The molecule has 0 atom stereocenters. The lowest BCUT2D eigenvalue weighted by Crippen LogP contribution is -2.27. The van der Waals surface area contributed by atoms with Crippen LogP contribution in [0.25, 0.3) is 0 Å². The summed E-state index contributed by atoms with van der Waals surface area (Å²) in [6.45, 7) is 0.379. The molecule has 0 aliphatic heterocycles. The van der Waals surface area contributed by atoms with Gasteiger partial charge in [0.25, 0.3) is 5.91 Å². The van der Waals surface area contributed by atoms with Crippen molar-refractivity contribution in [2.75, 3.05) is 12.4 Å². The average Bonchev–Trinajstić information content (AvgIpc) is 2.69. The molecule has 3 aromatic rings. The summed E-state index contributed by atoms with van der Waals surface area (Å²) in [5.74, 6) is -4.55. The van der Waals surface area contributed by atoms with Crippen molar-refractivity contribution in [3.63, 3.8) is 0 Å². The number of aromatic nitrogens is 2. The molecule has 1 amide bonds. The summed E-state index contributed by atoms with van der Waals surface area (Å²) < 4.78 is 40.1. The van der Waals surface area contributed by atoms with E-state index in [4.69, 9.17) is 0 Å². The lowest BCUT2D eigenvalue weighted by Gasteiger charge is -2.17. The third-order valence-electron chi connectivity index (χ3n) is 3.79. The highest BCUT2D eigenvalue weighted by Gasteiger charge is 2.17. The van der Waals surface area contributed by atoms with Crippen LogP contribution in [-0.2, 0) is 6.54 Å². The minimum atomic E-state index is -1.59. The first kappa shape index (κ1) is 18.4. The molecule has 5 nitrogen and oxygen atoms in total. The first-order chi connectivity index (χ1) is 13.0. The molecule has 0 radical (unpaired) electrons. The van der Waals surface area contributed by atoms with Crippen molar-refractivity contribution in [3.8, 4) is 0 Å². The number of amides is 1. The fraction of sp³-hybridized carbons (Fsp3) is 0.105. The maximum atomic E-state index is 13.8. The van der Waals surface area contributed by atoms with Crippen molar-refractivity contribution < 1.29 is 18.0 Å². The second-order valence-corrected chi connectivity index (χ2v) is 5.78. The Balaban J connectivity index is 1.77. The third kappa shape index (κ3) is 4.22. The summed E-state index contributed by atoms with van der Waals surface area (Å²) >= 11 is 0. The van der Waals surface area contributed by atoms with Gasteiger partial charge in [0.15, 0.2) is 17.5 Å². The Hall–Kier alpha value is -3.42. The van der Waals surface area contributed by atoms with Gasteiger partial charge < -0.3 is 10.2 Å². The van der Waals surface area contributed by atoms with E-state index in [2.05, 4.69) is 15.3 Å². The van der Waals surface area contributed by atoms with Gasteiger partial charge in [-0.25, -0.2) is 23.1 Å². The lowest BCUT2D eigenvalue weighted by molar-refractivity contribution is 0.0779. The number of hydrogen-bond acceptors (Lipinski definition) is 4. The van der Waals surface area contributed by atoms with E-state index in [0.717, 1.165) is 24.0 Å². The molecule has 0 aliphatic rings. The van der Waals surface area contributed by atoms with Gasteiger partial charge in [0.2, 0.25) is 0 Å². The second kappa shape index (κ2) is 7.86. The van der Waals surface area contributed by atoms with Crippen LogP contribution in [0.5, 0.6) is 0 Å². The van der Waals surface area contributed by atoms with Gasteiger partial charge in [-0.05, 0) is 17.7 Å². The van der Waals surface area contributed by atoms with Gasteiger partial charge >= 0.3 is 0 Å². The lowest BCUT2D eigenvalue weighted by atomic mass is 10.2. The Morgan fingerprint density at radius 2 is 1.78 bits per heavy atom. The first-order valence-corrected chi connectivity index (χ1v) is 7.97. The number of carbonyl (C=O) groups excluding carboxylic acids is 1. The normalized spacial score (nSPS) is 10.5. The molecule has 0 bridgehead atoms. The molecule has 138 valence electrons. The molecule has 0 fully saturated rings. The van der Waals surface area contributed by atoms with Crippen LogP contribution in [0.2, 0.25) is 0 Å². The number of nitrogens with one attached hydrogen (secondary N) is 1. The predicted octanol–water partition coefficient (Wildman–Crippen LogP) is 3.91. The maximum absolute atomic E-state index is 13.8. The SMILES string of the molecule is CN(Cc1ccccc1)C(=O)c1cc(Nc2ccc(F)c(F)c2F)ncn1. The molecule has 0 saturated heterocycles. The van der Waals surface area contributed by atoms with E-state index in [9.17, 15) is 18.0 Å². The zero-order chi connectivity index (χ0) is 19.4. The molecule has 0 unspecified atom stereocenters. The van der Waals surface area contributed by atoms with Crippen LogP contribution in [0.4, 0.5) is 24.7 Å². The largest absolute Gasteiger partial charge is 0.338 e. The minimum absolute atomic E-state index is 0.0753. The van der Waals surface area contributed by atoms with Gasteiger partial charge in [-0.3, -0.25) is 4.79 Å².